The Hall–Kier alpha value is -1.83. The molecule has 0 spiro atoms. The average Bonchev–Trinajstić information content (AvgIpc) is 2.46. The van der Waals surface area contributed by atoms with E-state index in [-0.39, 0.29) is 6.04 Å². The zero-order valence-corrected chi connectivity index (χ0v) is 13.1. The van der Waals surface area contributed by atoms with Gasteiger partial charge in [-0.3, -0.25) is 0 Å². The first-order chi connectivity index (χ1) is 9.52. The van der Waals surface area contributed by atoms with Gasteiger partial charge in [0, 0.05) is 28.9 Å². The molecule has 20 heavy (non-hydrogen) atoms. The van der Waals surface area contributed by atoms with Crippen LogP contribution in [0.25, 0.3) is 0 Å². The summed E-state index contributed by atoms with van der Waals surface area (Å²) < 4.78 is 0.994. The molecule has 3 nitrogen and oxygen atoms in total. The Balaban J connectivity index is 2.36. The van der Waals surface area contributed by atoms with Crippen molar-refractivity contribution < 1.29 is 0 Å². The molecule has 0 aliphatic rings. The summed E-state index contributed by atoms with van der Waals surface area (Å²) in [6.07, 6.45) is 0. The van der Waals surface area contributed by atoms with Crippen molar-refractivity contribution in [3.8, 4) is 6.07 Å². The summed E-state index contributed by atoms with van der Waals surface area (Å²) in [5, 5.41) is 8.97. The molecule has 1 atom stereocenters. The number of nitrogens with zero attached hydrogens (tertiary/aromatic N) is 2. The standard InChI is InChI=1S/C16H16BrN3/c1-11(19)15-7-6-14(9-16(15)17)20(2)13-5-3-4-12(8-13)10-18/h3-9,11H,19H2,1-2H3/t11-/m1/s1. The molecule has 0 amide bonds. The Morgan fingerprint density at radius 3 is 2.50 bits per heavy atom. The van der Waals surface area contributed by atoms with Crippen molar-refractivity contribution in [3.05, 3.63) is 58.1 Å². The first kappa shape index (κ1) is 14.6. The molecule has 0 unspecified atom stereocenters. The third-order valence-corrected chi connectivity index (χ3v) is 3.91. The first-order valence-corrected chi connectivity index (χ1v) is 7.11. The Bertz CT molecular complexity index is 659. The topological polar surface area (TPSA) is 53.0 Å². The second kappa shape index (κ2) is 6.08. The van der Waals surface area contributed by atoms with Crippen LogP contribution in [0.4, 0.5) is 11.4 Å². The molecule has 0 aromatic heterocycles. The van der Waals surface area contributed by atoms with Gasteiger partial charge in [-0.15, -0.1) is 0 Å². The van der Waals surface area contributed by atoms with Gasteiger partial charge in [0.25, 0.3) is 0 Å². The van der Waals surface area contributed by atoms with Gasteiger partial charge in [-0.2, -0.15) is 5.26 Å². The number of hydrogen-bond donors (Lipinski definition) is 1. The molecular formula is C16H16BrN3. The monoisotopic (exact) mass is 329 g/mol. The van der Waals surface area contributed by atoms with Crippen LogP contribution in [0.2, 0.25) is 0 Å². The molecule has 0 aliphatic carbocycles. The van der Waals surface area contributed by atoms with Crippen LogP contribution < -0.4 is 10.6 Å². The normalized spacial score (nSPS) is 11.8. The fourth-order valence-corrected chi connectivity index (χ4v) is 2.75. The van der Waals surface area contributed by atoms with Gasteiger partial charge in [-0.25, -0.2) is 0 Å². The van der Waals surface area contributed by atoms with Gasteiger partial charge in [0.2, 0.25) is 0 Å². The highest BCUT2D eigenvalue weighted by Crippen LogP contribution is 2.30. The highest BCUT2D eigenvalue weighted by molar-refractivity contribution is 9.10. The van der Waals surface area contributed by atoms with E-state index in [1.807, 2.05) is 55.3 Å². The van der Waals surface area contributed by atoms with E-state index >= 15 is 0 Å². The zero-order chi connectivity index (χ0) is 14.7. The van der Waals surface area contributed by atoms with Crippen molar-refractivity contribution in [3.63, 3.8) is 0 Å². The van der Waals surface area contributed by atoms with Crippen LogP contribution in [0.5, 0.6) is 0 Å². The highest BCUT2D eigenvalue weighted by Gasteiger charge is 2.09. The molecule has 0 heterocycles. The van der Waals surface area contributed by atoms with E-state index in [9.17, 15) is 0 Å². The maximum atomic E-state index is 8.97. The van der Waals surface area contributed by atoms with Crippen molar-refractivity contribution in [1.82, 2.24) is 0 Å². The number of benzene rings is 2. The molecule has 102 valence electrons. The van der Waals surface area contributed by atoms with Gasteiger partial charge in [-0.05, 0) is 42.8 Å². The largest absolute Gasteiger partial charge is 0.345 e. The summed E-state index contributed by atoms with van der Waals surface area (Å²) >= 11 is 3.56. The summed E-state index contributed by atoms with van der Waals surface area (Å²) in [6.45, 7) is 1.96. The molecule has 0 saturated carbocycles. The van der Waals surface area contributed by atoms with Gasteiger partial charge in [0.15, 0.2) is 0 Å². The molecule has 2 rings (SSSR count). The average molecular weight is 330 g/mol. The fraction of sp³-hybridized carbons (Fsp3) is 0.188. The Morgan fingerprint density at radius 1 is 1.20 bits per heavy atom. The molecule has 2 aromatic carbocycles. The lowest BCUT2D eigenvalue weighted by Gasteiger charge is -2.21. The predicted molar refractivity (Wildman–Crippen MR) is 86.0 cm³/mol. The molecule has 2 N–H and O–H groups in total. The third kappa shape index (κ3) is 3.01. The number of hydrogen-bond acceptors (Lipinski definition) is 3. The molecule has 0 aliphatic heterocycles. The van der Waals surface area contributed by atoms with Gasteiger partial charge in [-0.1, -0.05) is 28.1 Å². The summed E-state index contributed by atoms with van der Waals surface area (Å²) in [5.41, 5.74) is 9.65. The smallest absolute Gasteiger partial charge is 0.0992 e. The van der Waals surface area contributed by atoms with E-state index in [0.717, 1.165) is 21.4 Å². The van der Waals surface area contributed by atoms with Crippen LogP contribution in [0.3, 0.4) is 0 Å². The summed E-state index contributed by atoms with van der Waals surface area (Å²) in [6, 6.07) is 15.8. The number of rotatable bonds is 3. The fourth-order valence-electron chi connectivity index (χ4n) is 2.03. The summed E-state index contributed by atoms with van der Waals surface area (Å²) in [4.78, 5) is 2.04. The van der Waals surface area contributed by atoms with Crippen molar-refractivity contribution in [2.45, 2.75) is 13.0 Å². The maximum absolute atomic E-state index is 8.97. The first-order valence-electron chi connectivity index (χ1n) is 6.32. The second-order valence-corrected chi connectivity index (χ2v) is 5.57. The molecule has 0 bridgehead atoms. The van der Waals surface area contributed by atoms with Crippen LogP contribution in [-0.4, -0.2) is 7.05 Å². The molecule has 4 heteroatoms. The predicted octanol–water partition coefficient (Wildman–Crippen LogP) is 4.11. The van der Waals surface area contributed by atoms with Gasteiger partial charge in [0.1, 0.15) is 0 Å². The van der Waals surface area contributed by atoms with Gasteiger partial charge < -0.3 is 10.6 Å². The van der Waals surface area contributed by atoms with Crippen molar-refractivity contribution >= 4 is 27.3 Å². The van der Waals surface area contributed by atoms with E-state index in [1.54, 1.807) is 6.07 Å². The summed E-state index contributed by atoms with van der Waals surface area (Å²) in [7, 11) is 1.98. The lowest BCUT2D eigenvalue weighted by atomic mass is 10.1. The van der Waals surface area contributed by atoms with Crippen LogP contribution in [0.15, 0.2) is 46.9 Å². The molecule has 0 saturated heterocycles. The minimum Gasteiger partial charge on any atom is -0.345 e. The van der Waals surface area contributed by atoms with Crippen LogP contribution in [0.1, 0.15) is 24.1 Å². The van der Waals surface area contributed by atoms with Crippen LogP contribution in [-0.2, 0) is 0 Å². The van der Waals surface area contributed by atoms with Crippen molar-refractivity contribution in [2.24, 2.45) is 5.73 Å². The minimum atomic E-state index is -0.00866. The Kier molecular flexibility index (Phi) is 4.43. The summed E-state index contributed by atoms with van der Waals surface area (Å²) in [5.74, 6) is 0. The van der Waals surface area contributed by atoms with Gasteiger partial charge in [0.05, 0.1) is 11.6 Å². The minimum absolute atomic E-state index is 0.00866. The van der Waals surface area contributed by atoms with Crippen LogP contribution >= 0.6 is 15.9 Å². The van der Waals surface area contributed by atoms with E-state index in [0.29, 0.717) is 5.56 Å². The van der Waals surface area contributed by atoms with Crippen molar-refractivity contribution in [2.75, 3.05) is 11.9 Å². The van der Waals surface area contributed by atoms with E-state index in [2.05, 4.69) is 22.0 Å². The molecular weight excluding hydrogens is 314 g/mol. The molecule has 0 fully saturated rings. The number of anilines is 2. The van der Waals surface area contributed by atoms with Gasteiger partial charge >= 0.3 is 0 Å². The van der Waals surface area contributed by atoms with E-state index in [1.165, 1.54) is 0 Å². The van der Waals surface area contributed by atoms with E-state index in [4.69, 9.17) is 11.0 Å². The Labute approximate surface area is 127 Å². The Morgan fingerprint density at radius 2 is 1.90 bits per heavy atom. The second-order valence-electron chi connectivity index (χ2n) is 4.72. The molecule has 0 radical (unpaired) electrons. The van der Waals surface area contributed by atoms with Crippen LogP contribution in [0, 0.1) is 11.3 Å². The van der Waals surface area contributed by atoms with Crippen molar-refractivity contribution in [1.29, 1.82) is 5.26 Å². The lowest BCUT2D eigenvalue weighted by molar-refractivity contribution is 0.813. The maximum Gasteiger partial charge on any atom is 0.0992 e. The number of halogens is 1. The SMILES string of the molecule is C[C@@H](N)c1ccc(N(C)c2cccc(C#N)c2)cc1Br. The lowest BCUT2D eigenvalue weighted by Crippen LogP contribution is -2.11. The number of nitrogens with two attached hydrogens (primary N) is 1. The highest BCUT2D eigenvalue weighted by atomic mass is 79.9. The quantitative estimate of drug-likeness (QED) is 0.921. The zero-order valence-electron chi connectivity index (χ0n) is 11.5. The molecule has 2 aromatic rings. The van der Waals surface area contributed by atoms with E-state index < -0.39 is 0 Å². The third-order valence-electron chi connectivity index (χ3n) is 3.22. The number of nitriles is 1.